The van der Waals surface area contributed by atoms with Gasteiger partial charge in [-0.1, -0.05) is 12.1 Å². The lowest BCUT2D eigenvalue weighted by Crippen LogP contribution is -2.40. The smallest absolute Gasteiger partial charge is 0.265 e. The van der Waals surface area contributed by atoms with E-state index in [4.69, 9.17) is 14.2 Å². The minimum absolute atomic E-state index is 0.0255. The Hall–Kier alpha value is -3.22. The predicted octanol–water partition coefficient (Wildman–Crippen LogP) is 2.46. The van der Waals surface area contributed by atoms with Crippen LogP contribution < -0.4 is 24.4 Å². The lowest BCUT2D eigenvalue weighted by atomic mass is 10.2. The van der Waals surface area contributed by atoms with Crippen LogP contribution in [0, 0.1) is 0 Å². The summed E-state index contributed by atoms with van der Waals surface area (Å²) in [6, 6.07) is 12.4. The number of carbonyl (C=O) groups is 2. The first-order chi connectivity index (χ1) is 12.6. The van der Waals surface area contributed by atoms with Crippen LogP contribution in [0.5, 0.6) is 17.2 Å². The maximum Gasteiger partial charge on any atom is 0.265 e. The topological polar surface area (TPSA) is 77.1 Å². The highest BCUT2D eigenvalue weighted by Crippen LogP contribution is 2.32. The van der Waals surface area contributed by atoms with E-state index in [1.165, 1.54) is 7.11 Å². The molecule has 1 heterocycles. The number of rotatable bonds is 6. The molecule has 3 rings (SSSR count). The van der Waals surface area contributed by atoms with Gasteiger partial charge >= 0.3 is 0 Å². The first-order valence-corrected chi connectivity index (χ1v) is 8.16. The Labute approximate surface area is 151 Å². The second-order valence-electron chi connectivity index (χ2n) is 5.67. The number of benzene rings is 2. The van der Waals surface area contributed by atoms with Gasteiger partial charge in [0.25, 0.3) is 5.91 Å². The summed E-state index contributed by atoms with van der Waals surface area (Å²) in [7, 11) is 3.08. The Morgan fingerprint density at radius 2 is 2.00 bits per heavy atom. The van der Waals surface area contributed by atoms with E-state index in [2.05, 4.69) is 5.32 Å². The number of methoxy groups -OCH3 is 2. The number of hydrogen-bond acceptors (Lipinski definition) is 5. The number of amides is 2. The number of ether oxygens (including phenoxy) is 3. The molecule has 0 bridgehead atoms. The minimum atomic E-state index is -0.228. The van der Waals surface area contributed by atoms with Crippen molar-refractivity contribution in [3.63, 3.8) is 0 Å². The number of para-hydroxylation sites is 2. The van der Waals surface area contributed by atoms with Gasteiger partial charge in [-0.05, 0) is 24.3 Å². The first-order valence-electron chi connectivity index (χ1n) is 8.16. The van der Waals surface area contributed by atoms with Gasteiger partial charge in [-0.15, -0.1) is 0 Å². The van der Waals surface area contributed by atoms with Gasteiger partial charge in [0.05, 0.1) is 25.6 Å². The van der Waals surface area contributed by atoms with Crippen LogP contribution in [0.3, 0.4) is 0 Å². The average Bonchev–Trinajstić information content (AvgIpc) is 2.67. The van der Waals surface area contributed by atoms with Crippen molar-refractivity contribution in [3.8, 4) is 17.2 Å². The second-order valence-corrected chi connectivity index (χ2v) is 5.67. The van der Waals surface area contributed by atoms with E-state index in [1.807, 2.05) is 12.1 Å². The fraction of sp³-hybridized carbons (Fsp3) is 0.263. The van der Waals surface area contributed by atoms with Crippen LogP contribution >= 0.6 is 0 Å². The highest BCUT2D eigenvalue weighted by atomic mass is 16.5. The van der Waals surface area contributed by atoms with E-state index in [0.717, 1.165) is 0 Å². The molecule has 0 fully saturated rings. The predicted molar refractivity (Wildman–Crippen MR) is 97.1 cm³/mol. The highest BCUT2D eigenvalue weighted by molar-refractivity contribution is 5.99. The summed E-state index contributed by atoms with van der Waals surface area (Å²) in [6.07, 6.45) is 0.139. The highest BCUT2D eigenvalue weighted by Gasteiger charge is 2.25. The SMILES string of the molecule is COc1ccc(OC)c(NC(=O)CCN2C(=O)COc3ccccc32)c1. The molecule has 0 aromatic heterocycles. The lowest BCUT2D eigenvalue weighted by Gasteiger charge is -2.29. The van der Waals surface area contributed by atoms with Crippen molar-refractivity contribution in [1.29, 1.82) is 0 Å². The molecule has 1 aliphatic heterocycles. The molecule has 0 aliphatic carbocycles. The zero-order valence-electron chi connectivity index (χ0n) is 14.7. The van der Waals surface area contributed by atoms with Crippen LogP contribution in [0.2, 0.25) is 0 Å². The molecule has 0 atom stereocenters. The monoisotopic (exact) mass is 356 g/mol. The van der Waals surface area contributed by atoms with Gasteiger partial charge in [-0.2, -0.15) is 0 Å². The second kappa shape index (κ2) is 7.77. The number of hydrogen-bond donors (Lipinski definition) is 1. The van der Waals surface area contributed by atoms with Crippen LogP contribution in [0.25, 0.3) is 0 Å². The van der Waals surface area contributed by atoms with Gasteiger partial charge in [-0.25, -0.2) is 0 Å². The van der Waals surface area contributed by atoms with E-state index in [9.17, 15) is 9.59 Å². The fourth-order valence-electron chi connectivity index (χ4n) is 2.74. The third-order valence-corrected chi connectivity index (χ3v) is 4.05. The molecule has 0 radical (unpaired) electrons. The summed E-state index contributed by atoms with van der Waals surface area (Å²) in [4.78, 5) is 26.1. The van der Waals surface area contributed by atoms with Crippen molar-refractivity contribution in [2.45, 2.75) is 6.42 Å². The van der Waals surface area contributed by atoms with Crippen LogP contribution in [0.1, 0.15) is 6.42 Å². The number of anilines is 2. The van der Waals surface area contributed by atoms with E-state index in [-0.39, 0.29) is 31.4 Å². The van der Waals surface area contributed by atoms with Gasteiger partial charge < -0.3 is 24.4 Å². The quantitative estimate of drug-likeness (QED) is 0.860. The number of fused-ring (bicyclic) bond motifs is 1. The van der Waals surface area contributed by atoms with Crippen LogP contribution in [0.4, 0.5) is 11.4 Å². The summed E-state index contributed by atoms with van der Waals surface area (Å²) < 4.78 is 15.8. The maximum absolute atomic E-state index is 12.4. The lowest BCUT2D eigenvalue weighted by molar-refractivity contribution is -0.121. The molecule has 1 N–H and O–H groups in total. The van der Waals surface area contributed by atoms with Crippen molar-refractivity contribution in [2.75, 3.05) is 37.6 Å². The molecule has 2 aromatic rings. The molecule has 0 spiro atoms. The molecule has 0 saturated carbocycles. The average molecular weight is 356 g/mol. The number of nitrogens with zero attached hydrogens (tertiary/aromatic N) is 1. The fourth-order valence-corrected chi connectivity index (χ4v) is 2.74. The molecule has 7 nitrogen and oxygen atoms in total. The number of nitrogens with one attached hydrogen (secondary N) is 1. The summed E-state index contributed by atoms with van der Waals surface area (Å²) in [6.45, 7) is 0.236. The Morgan fingerprint density at radius 3 is 2.77 bits per heavy atom. The maximum atomic E-state index is 12.4. The largest absolute Gasteiger partial charge is 0.497 e. The van der Waals surface area contributed by atoms with Crippen molar-refractivity contribution in [1.82, 2.24) is 0 Å². The van der Waals surface area contributed by atoms with Crippen LogP contribution in [-0.2, 0) is 9.59 Å². The summed E-state index contributed by atoms with van der Waals surface area (Å²) in [5.41, 5.74) is 1.20. The summed E-state index contributed by atoms with van der Waals surface area (Å²) in [5.74, 6) is 1.39. The van der Waals surface area contributed by atoms with Gasteiger partial charge in [-0.3, -0.25) is 9.59 Å². The van der Waals surface area contributed by atoms with Gasteiger partial charge in [0, 0.05) is 19.0 Å². The Morgan fingerprint density at radius 1 is 1.19 bits per heavy atom. The van der Waals surface area contributed by atoms with Gasteiger partial charge in [0.1, 0.15) is 17.2 Å². The molecular weight excluding hydrogens is 336 g/mol. The molecule has 0 unspecified atom stereocenters. The zero-order valence-corrected chi connectivity index (χ0v) is 14.7. The molecule has 2 aromatic carbocycles. The molecule has 136 valence electrons. The zero-order chi connectivity index (χ0) is 18.5. The Bertz CT molecular complexity index is 821. The number of carbonyl (C=O) groups excluding carboxylic acids is 2. The third-order valence-electron chi connectivity index (χ3n) is 4.05. The van der Waals surface area contributed by atoms with Crippen LogP contribution in [0.15, 0.2) is 42.5 Å². The van der Waals surface area contributed by atoms with E-state index >= 15 is 0 Å². The molecule has 1 aliphatic rings. The Balaban J connectivity index is 1.67. The summed E-state index contributed by atoms with van der Waals surface area (Å²) >= 11 is 0. The normalized spacial score (nSPS) is 12.8. The third kappa shape index (κ3) is 3.72. The molecule has 0 saturated heterocycles. The first kappa shape index (κ1) is 17.6. The van der Waals surface area contributed by atoms with Crippen LogP contribution in [-0.4, -0.2) is 39.2 Å². The minimum Gasteiger partial charge on any atom is -0.497 e. The summed E-state index contributed by atoms with van der Waals surface area (Å²) in [5, 5.41) is 2.80. The van der Waals surface area contributed by atoms with Gasteiger partial charge in [0.15, 0.2) is 6.61 Å². The van der Waals surface area contributed by atoms with Crippen molar-refractivity contribution in [3.05, 3.63) is 42.5 Å². The van der Waals surface area contributed by atoms with Crippen molar-refractivity contribution >= 4 is 23.2 Å². The molecule has 26 heavy (non-hydrogen) atoms. The van der Waals surface area contributed by atoms with Crippen molar-refractivity contribution in [2.24, 2.45) is 0 Å². The van der Waals surface area contributed by atoms with E-state index in [0.29, 0.717) is 28.6 Å². The molecule has 7 heteroatoms. The van der Waals surface area contributed by atoms with Crippen molar-refractivity contribution < 1.29 is 23.8 Å². The van der Waals surface area contributed by atoms with E-state index in [1.54, 1.807) is 42.3 Å². The van der Waals surface area contributed by atoms with E-state index < -0.39 is 0 Å². The standard InChI is InChI=1S/C19H20N2O5/c1-24-13-7-8-16(25-2)14(11-13)20-18(22)9-10-21-15-5-3-4-6-17(15)26-12-19(21)23/h3-8,11H,9-10,12H2,1-2H3,(H,20,22). The Kier molecular flexibility index (Phi) is 5.26. The molecular formula is C19H20N2O5. The molecule has 2 amide bonds. The van der Waals surface area contributed by atoms with Gasteiger partial charge in [0.2, 0.25) is 5.91 Å².